The fourth-order valence-electron chi connectivity index (χ4n) is 3.51. The van der Waals surface area contributed by atoms with Gasteiger partial charge in [-0.15, -0.1) is 0 Å². The third kappa shape index (κ3) is 4.57. The quantitative estimate of drug-likeness (QED) is 0.848. The molecular formula is C21H26N2O3S. The smallest absolute Gasteiger partial charge is 0.243 e. The summed E-state index contributed by atoms with van der Waals surface area (Å²) >= 11 is 0. The van der Waals surface area contributed by atoms with Crippen molar-refractivity contribution in [2.75, 3.05) is 11.9 Å². The number of rotatable bonds is 5. The molecule has 1 atom stereocenters. The first-order valence-electron chi connectivity index (χ1n) is 9.32. The highest BCUT2D eigenvalue weighted by molar-refractivity contribution is 7.89. The average molecular weight is 387 g/mol. The van der Waals surface area contributed by atoms with Crippen molar-refractivity contribution in [1.29, 1.82) is 0 Å². The van der Waals surface area contributed by atoms with E-state index in [1.807, 2.05) is 32.0 Å². The highest BCUT2D eigenvalue weighted by Crippen LogP contribution is 2.27. The standard InChI is InChI=1S/C21H26N2O3S/c1-16-11-12-17(2)20(14-16)22-21(24)15-18-8-6-7-13-23(18)27(25,26)19-9-4-3-5-10-19/h3-5,9-12,14,18H,6-8,13,15H2,1-2H3,(H,22,24)/t18-/m0/s1. The van der Waals surface area contributed by atoms with E-state index in [1.54, 1.807) is 30.3 Å². The predicted octanol–water partition coefficient (Wildman–Crippen LogP) is 3.88. The molecule has 2 aromatic rings. The van der Waals surface area contributed by atoms with Gasteiger partial charge in [0.05, 0.1) is 4.90 Å². The Morgan fingerprint density at radius 2 is 1.85 bits per heavy atom. The molecule has 1 N–H and O–H groups in total. The van der Waals surface area contributed by atoms with Gasteiger partial charge in [-0.1, -0.05) is 36.8 Å². The number of hydrogen-bond donors (Lipinski definition) is 1. The molecule has 27 heavy (non-hydrogen) atoms. The molecule has 2 aromatic carbocycles. The van der Waals surface area contributed by atoms with E-state index in [2.05, 4.69) is 5.32 Å². The number of aryl methyl sites for hydroxylation is 2. The van der Waals surface area contributed by atoms with Crippen LogP contribution in [0.4, 0.5) is 5.69 Å². The van der Waals surface area contributed by atoms with Crippen LogP contribution in [0.5, 0.6) is 0 Å². The molecule has 3 rings (SSSR count). The van der Waals surface area contributed by atoms with Crippen LogP contribution in [0.3, 0.4) is 0 Å². The topological polar surface area (TPSA) is 66.5 Å². The summed E-state index contributed by atoms with van der Waals surface area (Å²) in [6, 6.07) is 14.1. The van der Waals surface area contributed by atoms with Crippen LogP contribution >= 0.6 is 0 Å². The Kier molecular flexibility index (Phi) is 5.97. The maximum atomic E-state index is 13.0. The Balaban J connectivity index is 1.76. The van der Waals surface area contributed by atoms with E-state index >= 15 is 0 Å². The Morgan fingerprint density at radius 3 is 2.59 bits per heavy atom. The van der Waals surface area contributed by atoms with Gasteiger partial charge in [-0.2, -0.15) is 4.31 Å². The van der Waals surface area contributed by atoms with Crippen molar-refractivity contribution >= 4 is 21.6 Å². The number of carbonyl (C=O) groups is 1. The van der Waals surface area contributed by atoms with Crippen molar-refractivity contribution in [3.8, 4) is 0 Å². The van der Waals surface area contributed by atoms with Gasteiger partial charge in [-0.25, -0.2) is 8.42 Å². The molecule has 5 nitrogen and oxygen atoms in total. The zero-order valence-electron chi connectivity index (χ0n) is 15.8. The number of nitrogens with one attached hydrogen (secondary N) is 1. The third-order valence-corrected chi connectivity index (χ3v) is 6.98. The van der Waals surface area contributed by atoms with E-state index in [0.717, 1.165) is 29.7 Å². The molecule has 1 heterocycles. The van der Waals surface area contributed by atoms with Crippen molar-refractivity contribution in [2.24, 2.45) is 0 Å². The van der Waals surface area contributed by atoms with Crippen molar-refractivity contribution in [3.05, 3.63) is 59.7 Å². The molecule has 1 aliphatic heterocycles. The zero-order chi connectivity index (χ0) is 19.4. The summed E-state index contributed by atoms with van der Waals surface area (Å²) in [6.45, 7) is 4.38. The summed E-state index contributed by atoms with van der Waals surface area (Å²) in [7, 11) is -3.59. The van der Waals surface area contributed by atoms with E-state index in [1.165, 1.54) is 4.31 Å². The highest BCUT2D eigenvalue weighted by atomic mass is 32.2. The van der Waals surface area contributed by atoms with Gasteiger partial charge in [-0.05, 0) is 56.0 Å². The second kappa shape index (κ2) is 8.23. The van der Waals surface area contributed by atoms with Crippen molar-refractivity contribution < 1.29 is 13.2 Å². The minimum absolute atomic E-state index is 0.149. The second-order valence-electron chi connectivity index (χ2n) is 7.15. The van der Waals surface area contributed by atoms with Gasteiger partial charge in [-0.3, -0.25) is 4.79 Å². The molecule has 0 radical (unpaired) electrons. The van der Waals surface area contributed by atoms with Crippen molar-refractivity contribution in [2.45, 2.75) is 50.5 Å². The van der Waals surface area contributed by atoms with Crippen molar-refractivity contribution in [3.63, 3.8) is 0 Å². The van der Waals surface area contributed by atoms with Crippen LogP contribution in [0.2, 0.25) is 0 Å². The minimum atomic E-state index is -3.59. The summed E-state index contributed by atoms with van der Waals surface area (Å²) < 4.78 is 27.6. The van der Waals surface area contributed by atoms with Gasteiger partial charge in [0.1, 0.15) is 0 Å². The van der Waals surface area contributed by atoms with Crippen LogP contribution in [0, 0.1) is 13.8 Å². The molecule has 1 amide bonds. The summed E-state index contributed by atoms with van der Waals surface area (Å²) in [4.78, 5) is 12.9. The van der Waals surface area contributed by atoms with Crippen LogP contribution < -0.4 is 5.32 Å². The summed E-state index contributed by atoms with van der Waals surface area (Å²) in [5.41, 5.74) is 2.85. The number of benzene rings is 2. The lowest BCUT2D eigenvalue weighted by Crippen LogP contribution is -2.45. The molecule has 0 saturated carbocycles. The first-order chi connectivity index (χ1) is 12.9. The molecule has 6 heteroatoms. The van der Waals surface area contributed by atoms with Gasteiger partial charge in [0.25, 0.3) is 0 Å². The summed E-state index contributed by atoms with van der Waals surface area (Å²) in [6.07, 6.45) is 2.62. The lowest BCUT2D eigenvalue weighted by Gasteiger charge is -2.34. The average Bonchev–Trinajstić information content (AvgIpc) is 2.66. The Morgan fingerprint density at radius 1 is 1.11 bits per heavy atom. The predicted molar refractivity (Wildman–Crippen MR) is 107 cm³/mol. The maximum Gasteiger partial charge on any atom is 0.243 e. The molecule has 1 fully saturated rings. The number of nitrogens with zero attached hydrogens (tertiary/aromatic N) is 1. The zero-order valence-corrected chi connectivity index (χ0v) is 16.6. The normalized spacial score (nSPS) is 18.2. The van der Waals surface area contributed by atoms with Crippen molar-refractivity contribution in [1.82, 2.24) is 4.31 Å². The minimum Gasteiger partial charge on any atom is -0.326 e. The lowest BCUT2D eigenvalue weighted by molar-refractivity contribution is -0.117. The maximum absolute atomic E-state index is 13.0. The molecule has 0 aliphatic carbocycles. The Labute approximate surface area is 161 Å². The Bertz CT molecular complexity index is 910. The monoisotopic (exact) mass is 386 g/mol. The molecule has 0 bridgehead atoms. The van der Waals surface area contributed by atoms with Gasteiger partial charge < -0.3 is 5.32 Å². The largest absolute Gasteiger partial charge is 0.326 e. The van der Waals surface area contributed by atoms with Gasteiger partial charge in [0.15, 0.2) is 0 Å². The molecule has 1 aliphatic rings. The van der Waals surface area contributed by atoms with Gasteiger partial charge in [0.2, 0.25) is 15.9 Å². The Hall–Kier alpha value is -2.18. The second-order valence-corrected chi connectivity index (χ2v) is 9.04. The third-order valence-electron chi connectivity index (χ3n) is 5.01. The summed E-state index contributed by atoms with van der Waals surface area (Å²) in [5, 5.41) is 2.95. The fraction of sp³-hybridized carbons (Fsp3) is 0.381. The SMILES string of the molecule is Cc1ccc(C)c(NC(=O)C[C@@H]2CCCCN2S(=O)(=O)c2ccccc2)c1. The lowest BCUT2D eigenvalue weighted by atomic mass is 10.0. The summed E-state index contributed by atoms with van der Waals surface area (Å²) in [5.74, 6) is -0.149. The van der Waals surface area contributed by atoms with Crippen LogP contribution in [0.25, 0.3) is 0 Å². The van der Waals surface area contributed by atoms with E-state index in [0.29, 0.717) is 13.0 Å². The number of sulfonamides is 1. The van der Waals surface area contributed by atoms with Crippen LogP contribution in [-0.4, -0.2) is 31.2 Å². The van der Waals surface area contributed by atoms with Crippen LogP contribution in [-0.2, 0) is 14.8 Å². The molecule has 0 unspecified atom stereocenters. The van der Waals surface area contributed by atoms with Gasteiger partial charge >= 0.3 is 0 Å². The van der Waals surface area contributed by atoms with E-state index in [4.69, 9.17) is 0 Å². The number of amides is 1. The van der Waals surface area contributed by atoms with Gasteiger partial charge in [0, 0.05) is 24.7 Å². The van der Waals surface area contributed by atoms with Crippen LogP contribution in [0.1, 0.15) is 36.8 Å². The van der Waals surface area contributed by atoms with Crippen LogP contribution in [0.15, 0.2) is 53.4 Å². The first-order valence-corrected chi connectivity index (χ1v) is 10.8. The molecule has 1 saturated heterocycles. The number of anilines is 1. The number of piperidine rings is 1. The number of hydrogen-bond acceptors (Lipinski definition) is 3. The van der Waals surface area contributed by atoms with E-state index < -0.39 is 10.0 Å². The molecular weight excluding hydrogens is 360 g/mol. The number of carbonyl (C=O) groups excluding carboxylic acids is 1. The molecule has 0 spiro atoms. The highest BCUT2D eigenvalue weighted by Gasteiger charge is 2.34. The fourth-order valence-corrected chi connectivity index (χ4v) is 5.22. The molecule has 0 aromatic heterocycles. The first kappa shape index (κ1) is 19.6. The molecule has 144 valence electrons. The van der Waals surface area contributed by atoms with E-state index in [9.17, 15) is 13.2 Å². The van der Waals surface area contributed by atoms with E-state index in [-0.39, 0.29) is 23.3 Å².